The molecule has 0 aliphatic rings. The van der Waals surface area contributed by atoms with Crippen LogP contribution in [-0.2, 0) is 0 Å². The van der Waals surface area contributed by atoms with Crippen LogP contribution in [0.3, 0.4) is 0 Å². The summed E-state index contributed by atoms with van der Waals surface area (Å²) in [6, 6.07) is 53.1. The topological polar surface area (TPSA) is 56.5 Å². The molecule has 0 amide bonds. The third-order valence-electron chi connectivity index (χ3n) is 9.37. The minimum atomic E-state index is 0.568. The van der Waals surface area contributed by atoms with E-state index in [0.717, 1.165) is 39.0 Å². The molecule has 0 radical (unpaired) electrons. The van der Waals surface area contributed by atoms with Crippen molar-refractivity contribution in [3.63, 3.8) is 0 Å². The Morgan fingerprint density at radius 3 is 1.76 bits per heavy atom. The van der Waals surface area contributed by atoms with Gasteiger partial charge in [0.25, 0.3) is 0 Å². The lowest BCUT2D eigenvalue weighted by atomic mass is 10.0. The molecule has 4 aromatic heterocycles. The molecule has 10 rings (SSSR count). The minimum Gasteiger partial charge on any atom is -0.308 e. The summed E-state index contributed by atoms with van der Waals surface area (Å²) in [4.78, 5) is 19.7. The van der Waals surface area contributed by atoms with Crippen LogP contribution in [0.5, 0.6) is 0 Å². The fourth-order valence-corrected chi connectivity index (χ4v) is 8.14. The van der Waals surface area contributed by atoms with Gasteiger partial charge in [0, 0.05) is 54.5 Å². The molecule has 0 saturated carbocycles. The zero-order valence-corrected chi connectivity index (χ0v) is 27.5. The van der Waals surface area contributed by atoms with E-state index in [9.17, 15) is 0 Å². The average molecular weight is 658 g/mol. The van der Waals surface area contributed by atoms with Crippen LogP contribution in [-0.4, -0.2) is 24.5 Å². The average Bonchev–Trinajstić information content (AvgIpc) is 3.73. The van der Waals surface area contributed by atoms with Gasteiger partial charge in [0.05, 0.1) is 22.3 Å². The van der Waals surface area contributed by atoms with E-state index in [0.29, 0.717) is 17.5 Å². The van der Waals surface area contributed by atoms with Crippen LogP contribution in [0.15, 0.2) is 164 Å². The molecule has 0 aliphatic heterocycles. The molecule has 6 aromatic carbocycles. The first kappa shape index (κ1) is 28.5. The van der Waals surface area contributed by atoms with Gasteiger partial charge in [-0.15, -0.1) is 11.3 Å². The molecule has 0 aliphatic carbocycles. The molecule has 0 fully saturated rings. The summed E-state index contributed by atoms with van der Waals surface area (Å²) < 4.78 is 4.93. The number of hydrogen-bond acceptors (Lipinski definition) is 5. The zero-order chi connectivity index (χ0) is 33.0. The Kier molecular flexibility index (Phi) is 6.60. The third-order valence-corrected chi connectivity index (χ3v) is 10.5. The Labute approximate surface area is 291 Å². The smallest absolute Gasteiger partial charge is 0.167 e. The number of para-hydroxylation sites is 1. The number of rotatable bonds is 5. The van der Waals surface area contributed by atoms with Crippen molar-refractivity contribution in [2.45, 2.75) is 0 Å². The Balaban J connectivity index is 1.20. The van der Waals surface area contributed by atoms with Crippen LogP contribution in [0.1, 0.15) is 0 Å². The first-order valence-electron chi connectivity index (χ1n) is 16.5. The molecule has 0 atom stereocenters. The number of fused-ring (bicyclic) bond motifs is 6. The first-order chi connectivity index (χ1) is 24.8. The molecular formula is C44H27N5S. The maximum atomic E-state index is 5.07. The maximum Gasteiger partial charge on any atom is 0.167 e. The van der Waals surface area contributed by atoms with Crippen molar-refractivity contribution in [2.75, 3.05) is 0 Å². The number of nitrogens with zero attached hydrogens (tertiary/aromatic N) is 5. The monoisotopic (exact) mass is 657 g/mol. The van der Waals surface area contributed by atoms with E-state index >= 15 is 0 Å². The van der Waals surface area contributed by atoms with Crippen molar-refractivity contribution in [1.82, 2.24) is 24.5 Å². The summed E-state index contributed by atoms with van der Waals surface area (Å²) in [5.74, 6) is 1.80. The van der Waals surface area contributed by atoms with Crippen LogP contribution in [0.25, 0.3) is 93.0 Å². The Morgan fingerprint density at radius 2 is 1.00 bits per heavy atom. The van der Waals surface area contributed by atoms with Gasteiger partial charge in [0.2, 0.25) is 0 Å². The highest BCUT2D eigenvalue weighted by molar-refractivity contribution is 7.25. The van der Waals surface area contributed by atoms with E-state index in [1.54, 1.807) is 0 Å². The van der Waals surface area contributed by atoms with Crippen molar-refractivity contribution < 1.29 is 0 Å². The summed E-state index contributed by atoms with van der Waals surface area (Å²) >= 11 is 1.85. The Morgan fingerprint density at radius 1 is 0.420 bits per heavy atom. The van der Waals surface area contributed by atoms with Gasteiger partial charge in [-0.1, -0.05) is 121 Å². The van der Waals surface area contributed by atoms with Gasteiger partial charge in [-0.05, 0) is 41.5 Å². The van der Waals surface area contributed by atoms with E-state index in [1.807, 2.05) is 84.4 Å². The maximum absolute atomic E-state index is 5.07. The molecular weight excluding hydrogens is 631 g/mol. The number of aromatic nitrogens is 5. The van der Waals surface area contributed by atoms with Crippen LogP contribution in [0.4, 0.5) is 0 Å². The van der Waals surface area contributed by atoms with Crippen LogP contribution in [0.2, 0.25) is 0 Å². The van der Waals surface area contributed by atoms with Gasteiger partial charge in [-0.2, -0.15) is 0 Å². The summed E-state index contributed by atoms with van der Waals surface area (Å²) in [5.41, 5.74) is 8.19. The molecule has 0 bridgehead atoms. The van der Waals surface area contributed by atoms with Crippen molar-refractivity contribution in [3.8, 4) is 51.0 Å². The van der Waals surface area contributed by atoms with E-state index < -0.39 is 0 Å². The predicted molar refractivity (Wildman–Crippen MR) is 207 cm³/mol. The summed E-state index contributed by atoms with van der Waals surface area (Å²) in [5, 5.41) is 4.97. The second-order valence-corrected chi connectivity index (χ2v) is 13.4. The normalized spacial score (nSPS) is 11.6. The minimum absolute atomic E-state index is 0.568. The van der Waals surface area contributed by atoms with Gasteiger partial charge in [0.1, 0.15) is 0 Å². The van der Waals surface area contributed by atoms with Gasteiger partial charge >= 0.3 is 0 Å². The lowest BCUT2D eigenvalue weighted by Crippen LogP contribution is -2.04. The molecule has 5 nitrogen and oxygen atoms in total. The zero-order valence-electron chi connectivity index (χ0n) is 26.7. The van der Waals surface area contributed by atoms with Gasteiger partial charge in [0.15, 0.2) is 17.5 Å². The molecule has 234 valence electrons. The second-order valence-electron chi connectivity index (χ2n) is 12.3. The van der Waals surface area contributed by atoms with E-state index in [4.69, 9.17) is 15.0 Å². The Bertz CT molecular complexity index is 2820. The van der Waals surface area contributed by atoms with Crippen molar-refractivity contribution in [3.05, 3.63) is 164 Å². The number of hydrogen-bond donors (Lipinski definition) is 0. The lowest BCUT2D eigenvalue weighted by molar-refractivity contribution is 1.06. The van der Waals surface area contributed by atoms with Gasteiger partial charge in [-0.25, -0.2) is 15.0 Å². The van der Waals surface area contributed by atoms with Gasteiger partial charge in [-0.3, -0.25) is 4.98 Å². The molecule has 0 unspecified atom stereocenters. The highest BCUT2D eigenvalue weighted by atomic mass is 32.1. The van der Waals surface area contributed by atoms with Crippen molar-refractivity contribution in [2.24, 2.45) is 0 Å². The third kappa shape index (κ3) is 4.69. The fraction of sp³-hybridized carbons (Fsp3) is 0. The van der Waals surface area contributed by atoms with E-state index in [-0.39, 0.29) is 0 Å². The molecule has 0 saturated heterocycles. The lowest BCUT2D eigenvalue weighted by Gasteiger charge is -2.14. The van der Waals surface area contributed by atoms with Crippen LogP contribution < -0.4 is 0 Å². The van der Waals surface area contributed by atoms with Gasteiger partial charge < -0.3 is 4.57 Å². The summed E-state index contributed by atoms with van der Waals surface area (Å²) in [7, 11) is 0. The highest BCUT2D eigenvalue weighted by Gasteiger charge is 2.20. The number of pyridine rings is 1. The Hall–Kier alpha value is -6.50. The summed E-state index contributed by atoms with van der Waals surface area (Å²) in [6.07, 6.45) is 3.71. The molecule has 0 spiro atoms. The second kappa shape index (κ2) is 11.6. The molecule has 4 heterocycles. The number of thiophene rings is 1. The standard InChI is InChI=1S/C44H27N5S/c1-3-11-28(12-4-1)42-46-43(29-13-5-2-6-14-29)48-44(47-42)36-27-45-24-23-38(36)49-37-17-9-7-15-32(37)33-21-19-30(25-39(33)49)31-20-22-35-34-16-8-10-18-40(34)50-41(35)26-31/h1-27H. The highest BCUT2D eigenvalue weighted by Crippen LogP contribution is 2.40. The predicted octanol–water partition coefficient (Wildman–Crippen LogP) is 11.4. The molecule has 50 heavy (non-hydrogen) atoms. The SMILES string of the molecule is c1ccc(-c2nc(-c3ccccc3)nc(-c3cnccc3-n3c4ccccc4c4ccc(-c5ccc6c(c5)sc5ccccc56)cc43)n2)cc1. The van der Waals surface area contributed by atoms with Crippen molar-refractivity contribution >= 4 is 53.3 Å². The fourth-order valence-electron chi connectivity index (χ4n) is 7.00. The molecule has 6 heteroatoms. The van der Waals surface area contributed by atoms with Crippen LogP contribution >= 0.6 is 11.3 Å². The van der Waals surface area contributed by atoms with E-state index in [1.165, 1.54) is 36.5 Å². The summed E-state index contributed by atoms with van der Waals surface area (Å²) in [6.45, 7) is 0. The van der Waals surface area contributed by atoms with Crippen molar-refractivity contribution in [1.29, 1.82) is 0 Å². The van der Waals surface area contributed by atoms with Crippen LogP contribution in [0, 0.1) is 0 Å². The molecule has 10 aromatic rings. The van der Waals surface area contributed by atoms with E-state index in [2.05, 4.69) is 101 Å². The molecule has 0 N–H and O–H groups in total. The number of benzene rings is 6. The largest absolute Gasteiger partial charge is 0.308 e. The first-order valence-corrected chi connectivity index (χ1v) is 17.4. The quantitative estimate of drug-likeness (QED) is 0.185.